The van der Waals surface area contributed by atoms with Gasteiger partial charge in [0.2, 0.25) is 10.0 Å². The van der Waals surface area contributed by atoms with Crippen molar-refractivity contribution >= 4 is 21.9 Å². The van der Waals surface area contributed by atoms with Gasteiger partial charge in [-0.25, -0.2) is 17.9 Å². The van der Waals surface area contributed by atoms with Crippen LogP contribution in [0.15, 0.2) is 23.1 Å². The molecule has 0 aliphatic rings. The third-order valence-electron chi connectivity index (χ3n) is 3.16. The van der Waals surface area contributed by atoms with E-state index in [0.29, 0.717) is 6.54 Å². The van der Waals surface area contributed by atoms with Gasteiger partial charge in [-0.15, -0.1) is 0 Å². The minimum atomic E-state index is -3.82. The summed E-state index contributed by atoms with van der Waals surface area (Å²) in [4.78, 5) is 23.7. The topological polar surface area (TPSA) is 111 Å². The molecule has 0 radical (unpaired) electrons. The Bertz CT molecular complexity index is 702. The first-order valence-corrected chi connectivity index (χ1v) is 8.85. The van der Waals surface area contributed by atoms with Gasteiger partial charge in [0, 0.05) is 6.54 Å². The molecule has 0 spiro atoms. The highest BCUT2D eigenvalue weighted by Gasteiger charge is 2.23. The number of carbonyl (C=O) groups is 2. The summed E-state index contributed by atoms with van der Waals surface area (Å²) in [6, 6.07) is 3.86. The normalized spacial score (nSPS) is 12.3. The van der Waals surface area contributed by atoms with Crippen molar-refractivity contribution in [2.45, 2.75) is 31.3 Å². The van der Waals surface area contributed by atoms with Crippen molar-refractivity contribution in [1.29, 1.82) is 0 Å². The van der Waals surface area contributed by atoms with E-state index in [4.69, 9.17) is 9.47 Å². The van der Waals surface area contributed by atoms with E-state index < -0.39 is 28.0 Å². The Kier molecular flexibility index (Phi) is 7.18. The van der Waals surface area contributed by atoms with Gasteiger partial charge in [-0.05, 0) is 38.6 Å². The molecule has 0 unspecified atom stereocenters. The summed E-state index contributed by atoms with van der Waals surface area (Å²) < 4.78 is 36.2. The number of hydrogen-bond acceptors (Lipinski definition) is 6. The first kappa shape index (κ1) is 19.9. The van der Waals surface area contributed by atoms with E-state index in [9.17, 15) is 18.0 Å². The minimum Gasteiger partial charge on any atom is -0.495 e. The fourth-order valence-electron chi connectivity index (χ4n) is 1.80. The van der Waals surface area contributed by atoms with Crippen LogP contribution in [-0.4, -0.2) is 47.1 Å². The lowest BCUT2D eigenvalue weighted by atomic mass is 10.2. The quantitative estimate of drug-likeness (QED) is 0.661. The second-order valence-electron chi connectivity index (χ2n) is 4.91. The van der Waals surface area contributed by atoms with E-state index in [1.165, 1.54) is 33.2 Å². The fraction of sp³-hybridized carbons (Fsp3) is 0.467. The van der Waals surface area contributed by atoms with E-state index in [0.717, 1.165) is 12.5 Å². The van der Waals surface area contributed by atoms with Crippen LogP contribution in [0.3, 0.4) is 0 Å². The van der Waals surface area contributed by atoms with E-state index in [2.05, 4.69) is 10.0 Å². The van der Waals surface area contributed by atoms with Crippen molar-refractivity contribution in [1.82, 2.24) is 10.0 Å². The first-order chi connectivity index (χ1) is 11.3. The number of carbonyl (C=O) groups excluding carboxylic acids is 2. The number of amides is 1. The number of nitrogens with one attached hydrogen (secondary N) is 2. The smallest absolute Gasteiger partial charge is 0.338 e. The lowest BCUT2D eigenvalue weighted by molar-refractivity contribution is -0.129. The molecule has 1 aromatic carbocycles. The Labute approximate surface area is 141 Å². The number of esters is 1. The molecule has 0 fully saturated rings. The molecular formula is C15H22N2O6S. The molecular weight excluding hydrogens is 336 g/mol. The number of hydrogen-bond donors (Lipinski definition) is 2. The Hall–Kier alpha value is -2.13. The van der Waals surface area contributed by atoms with Gasteiger partial charge in [0.1, 0.15) is 10.6 Å². The summed E-state index contributed by atoms with van der Waals surface area (Å²) in [5, 5.41) is 2.61. The van der Waals surface area contributed by atoms with Gasteiger partial charge in [-0.1, -0.05) is 6.92 Å². The average Bonchev–Trinajstić information content (AvgIpc) is 2.58. The maximum Gasteiger partial charge on any atom is 0.338 e. The van der Waals surface area contributed by atoms with Crippen molar-refractivity contribution in [2.24, 2.45) is 0 Å². The van der Waals surface area contributed by atoms with E-state index in [1.54, 1.807) is 0 Å². The van der Waals surface area contributed by atoms with Crippen LogP contribution in [0.1, 0.15) is 30.6 Å². The molecule has 134 valence electrons. The number of sulfonamides is 1. The third kappa shape index (κ3) is 4.93. The van der Waals surface area contributed by atoms with Gasteiger partial charge in [-0.3, -0.25) is 4.79 Å². The van der Waals surface area contributed by atoms with Gasteiger partial charge in [0.15, 0.2) is 6.10 Å². The second kappa shape index (κ2) is 8.65. The van der Waals surface area contributed by atoms with Crippen LogP contribution in [0.25, 0.3) is 0 Å². The molecule has 9 heteroatoms. The highest BCUT2D eigenvalue weighted by atomic mass is 32.2. The van der Waals surface area contributed by atoms with Gasteiger partial charge in [0.05, 0.1) is 12.7 Å². The zero-order valence-corrected chi connectivity index (χ0v) is 14.9. The molecule has 0 heterocycles. The lowest BCUT2D eigenvalue weighted by Crippen LogP contribution is -2.36. The molecule has 0 bridgehead atoms. The Morgan fingerprint density at radius 3 is 2.50 bits per heavy atom. The molecule has 1 rings (SSSR count). The Morgan fingerprint density at radius 2 is 1.96 bits per heavy atom. The zero-order chi connectivity index (χ0) is 18.3. The molecule has 0 saturated carbocycles. The maximum atomic E-state index is 12.1. The lowest BCUT2D eigenvalue weighted by Gasteiger charge is -2.14. The summed E-state index contributed by atoms with van der Waals surface area (Å²) in [5.41, 5.74) is -0.000216. The van der Waals surface area contributed by atoms with Crippen molar-refractivity contribution in [3.05, 3.63) is 23.8 Å². The highest BCUT2D eigenvalue weighted by molar-refractivity contribution is 7.89. The van der Waals surface area contributed by atoms with E-state index in [1.807, 2.05) is 6.92 Å². The van der Waals surface area contributed by atoms with Crippen molar-refractivity contribution < 1.29 is 27.5 Å². The molecule has 0 aliphatic carbocycles. The number of methoxy groups -OCH3 is 1. The van der Waals surface area contributed by atoms with Crippen LogP contribution in [0, 0.1) is 0 Å². The fourth-order valence-corrected chi connectivity index (χ4v) is 2.72. The second-order valence-corrected chi connectivity index (χ2v) is 6.77. The molecule has 8 nitrogen and oxygen atoms in total. The largest absolute Gasteiger partial charge is 0.495 e. The predicted molar refractivity (Wildman–Crippen MR) is 87.4 cm³/mol. The molecule has 1 amide bonds. The van der Waals surface area contributed by atoms with Crippen LogP contribution < -0.4 is 14.8 Å². The van der Waals surface area contributed by atoms with E-state index >= 15 is 0 Å². The van der Waals surface area contributed by atoms with Gasteiger partial charge in [-0.2, -0.15) is 0 Å². The molecule has 1 atom stereocenters. The van der Waals surface area contributed by atoms with E-state index in [-0.39, 0.29) is 16.2 Å². The summed E-state index contributed by atoms with van der Waals surface area (Å²) >= 11 is 0. The average molecular weight is 358 g/mol. The van der Waals surface area contributed by atoms with Crippen LogP contribution in [0.4, 0.5) is 0 Å². The third-order valence-corrected chi connectivity index (χ3v) is 4.60. The molecule has 2 N–H and O–H groups in total. The SMILES string of the molecule is CCCNC(=O)[C@H](C)OC(=O)c1ccc(OC)c(S(=O)(=O)NC)c1. The molecule has 24 heavy (non-hydrogen) atoms. The van der Waals surface area contributed by atoms with Crippen molar-refractivity contribution in [3.63, 3.8) is 0 Å². The summed E-state index contributed by atoms with van der Waals surface area (Å²) in [6.45, 7) is 3.82. The van der Waals surface area contributed by atoms with Crippen LogP contribution in [-0.2, 0) is 19.6 Å². The first-order valence-electron chi connectivity index (χ1n) is 7.37. The summed E-state index contributed by atoms with van der Waals surface area (Å²) in [7, 11) is -1.24. The molecule has 0 aliphatic heterocycles. The van der Waals surface area contributed by atoms with Gasteiger partial charge in [0.25, 0.3) is 5.91 Å². The number of rotatable bonds is 8. The molecule has 0 aromatic heterocycles. The summed E-state index contributed by atoms with van der Waals surface area (Å²) in [5.74, 6) is -1.12. The monoisotopic (exact) mass is 358 g/mol. The minimum absolute atomic E-state index is 0.000216. The molecule has 1 aromatic rings. The standard InChI is InChI=1S/C15H22N2O6S/c1-5-8-17-14(18)10(2)23-15(19)11-6-7-12(22-4)13(9-11)24(20,21)16-3/h6-7,9-10,16H,5,8H2,1-4H3,(H,17,18)/t10-/m0/s1. The van der Waals surface area contributed by atoms with Crippen LogP contribution in [0.2, 0.25) is 0 Å². The Balaban J connectivity index is 3.00. The van der Waals surface area contributed by atoms with Crippen LogP contribution >= 0.6 is 0 Å². The number of ether oxygens (including phenoxy) is 2. The zero-order valence-electron chi connectivity index (χ0n) is 14.1. The number of benzene rings is 1. The van der Waals surface area contributed by atoms with Crippen molar-refractivity contribution in [2.75, 3.05) is 20.7 Å². The maximum absolute atomic E-state index is 12.1. The Morgan fingerprint density at radius 1 is 1.29 bits per heavy atom. The summed E-state index contributed by atoms with van der Waals surface area (Å²) in [6.07, 6.45) is -0.230. The van der Waals surface area contributed by atoms with Gasteiger partial charge >= 0.3 is 5.97 Å². The van der Waals surface area contributed by atoms with Crippen LogP contribution in [0.5, 0.6) is 5.75 Å². The van der Waals surface area contributed by atoms with Gasteiger partial charge < -0.3 is 14.8 Å². The molecule has 0 saturated heterocycles. The predicted octanol–water partition coefficient (Wildman–Crippen LogP) is 0.675. The van der Waals surface area contributed by atoms with Crippen molar-refractivity contribution in [3.8, 4) is 5.75 Å². The highest BCUT2D eigenvalue weighted by Crippen LogP contribution is 2.25.